The summed E-state index contributed by atoms with van der Waals surface area (Å²) >= 11 is 0. The lowest BCUT2D eigenvalue weighted by Gasteiger charge is -2.30. The number of hydrogen-bond acceptors (Lipinski definition) is 4. The molecule has 2 rings (SSSR count). The highest BCUT2D eigenvalue weighted by atomic mass is 16.4. The van der Waals surface area contributed by atoms with Crippen LogP contribution in [0.3, 0.4) is 0 Å². The van der Waals surface area contributed by atoms with Crippen molar-refractivity contribution in [2.75, 3.05) is 6.54 Å². The predicted molar refractivity (Wildman–Crippen MR) is 69.9 cm³/mol. The average molecular weight is 279 g/mol. The Balaban J connectivity index is 2.21. The summed E-state index contributed by atoms with van der Waals surface area (Å²) in [5.74, 6) is -1.71. The van der Waals surface area contributed by atoms with Gasteiger partial charge in [0.05, 0.1) is 18.6 Å². The molecule has 1 aromatic rings. The number of carboxylic acids is 1. The summed E-state index contributed by atoms with van der Waals surface area (Å²) in [4.78, 5) is 24.1. The molecular formula is C14H17NO5. The summed E-state index contributed by atoms with van der Waals surface area (Å²) in [7, 11) is 0. The molecule has 0 radical (unpaired) electrons. The number of carboxylic acid groups (broad SMARTS) is 1. The van der Waals surface area contributed by atoms with Gasteiger partial charge in [0.2, 0.25) is 5.91 Å². The molecule has 1 aliphatic rings. The maximum absolute atomic E-state index is 11.8. The van der Waals surface area contributed by atoms with Crippen LogP contribution in [0.5, 0.6) is 0 Å². The summed E-state index contributed by atoms with van der Waals surface area (Å²) in [6, 6.07) is 8.17. The van der Waals surface area contributed by atoms with Crippen molar-refractivity contribution in [3.63, 3.8) is 0 Å². The van der Waals surface area contributed by atoms with Gasteiger partial charge in [-0.05, 0) is 12.0 Å². The van der Waals surface area contributed by atoms with Crippen molar-refractivity contribution in [1.29, 1.82) is 0 Å². The third-order valence-corrected chi connectivity index (χ3v) is 3.44. The number of aliphatic hydroxyl groups excluding tert-OH is 2. The minimum absolute atomic E-state index is 0.0301. The number of carbonyl (C=O) groups is 2. The van der Waals surface area contributed by atoms with Crippen LogP contribution in [0, 0.1) is 0 Å². The highest BCUT2D eigenvalue weighted by Crippen LogP contribution is 2.20. The van der Waals surface area contributed by atoms with Gasteiger partial charge in [-0.3, -0.25) is 4.79 Å². The molecule has 1 saturated heterocycles. The normalized spacial score (nSPS) is 21.8. The number of likely N-dealkylation sites (tertiary alicyclic amines) is 1. The van der Waals surface area contributed by atoms with Gasteiger partial charge in [-0.2, -0.15) is 0 Å². The van der Waals surface area contributed by atoms with E-state index in [2.05, 4.69) is 0 Å². The zero-order valence-corrected chi connectivity index (χ0v) is 10.8. The Morgan fingerprint density at radius 1 is 1.35 bits per heavy atom. The smallest absolute Gasteiger partial charge is 0.334 e. The van der Waals surface area contributed by atoms with E-state index in [0.717, 1.165) is 5.56 Å². The second-order valence-electron chi connectivity index (χ2n) is 4.94. The summed E-state index contributed by atoms with van der Waals surface area (Å²) in [6.07, 6.45) is -2.28. The molecule has 1 amide bonds. The Bertz CT molecular complexity index is 490. The number of aliphatic carboxylic acids is 1. The van der Waals surface area contributed by atoms with Crippen LogP contribution in [-0.2, 0) is 16.0 Å². The van der Waals surface area contributed by atoms with E-state index in [9.17, 15) is 19.8 Å². The van der Waals surface area contributed by atoms with Crippen LogP contribution in [0.25, 0.3) is 0 Å². The van der Waals surface area contributed by atoms with Gasteiger partial charge in [-0.25, -0.2) is 4.79 Å². The average Bonchev–Trinajstić information content (AvgIpc) is 2.75. The lowest BCUT2D eigenvalue weighted by Crippen LogP contribution is -2.49. The summed E-state index contributed by atoms with van der Waals surface area (Å²) in [5, 5.41) is 28.3. The van der Waals surface area contributed by atoms with Crippen molar-refractivity contribution in [2.45, 2.75) is 31.1 Å². The van der Waals surface area contributed by atoms with E-state index in [1.54, 1.807) is 24.3 Å². The Kier molecular flexibility index (Phi) is 4.36. The molecule has 1 aromatic carbocycles. The fraction of sp³-hybridized carbons (Fsp3) is 0.429. The number of hydrogen-bond donors (Lipinski definition) is 3. The quantitative estimate of drug-likeness (QED) is 0.683. The molecule has 0 aromatic heterocycles. The minimum atomic E-state index is -1.68. The summed E-state index contributed by atoms with van der Waals surface area (Å²) < 4.78 is 0. The summed E-state index contributed by atoms with van der Waals surface area (Å²) in [6.45, 7) is 0.0562. The molecule has 3 N–H and O–H groups in total. The first kappa shape index (κ1) is 14.5. The van der Waals surface area contributed by atoms with E-state index in [-0.39, 0.29) is 25.3 Å². The highest BCUT2D eigenvalue weighted by Gasteiger charge is 2.39. The molecule has 0 bridgehead atoms. The first-order chi connectivity index (χ1) is 9.49. The largest absolute Gasteiger partial charge is 0.479 e. The highest BCUT2D eigenvalue weighted by molar-refractivity contribution is 5.81. The molecular weight excluding hydrogens is 262 g/mol. The third-order valence-electron chi connectivity index (χ3n) is 3.44. The van der Waals surface area contributed by atoms with E-state index in [1.165, 1.54) is 4.90 Å². The molecule has 0 spiro atoms. The molecule has 1 aliphatic heterocycles. The van der Waals surface area contributed by atoms with Gasteiger partial charge in [0.1, 0.15) is 0 Å². The number of rotatable bonds is 5. The number of benzene rings is 1. The number of carbonyl (C=O) groups excluding carboxylic acids is 1. The molecule has 0 aliphatic carbocycles. The predicted octanol–water partition coefficient (Wildman–Crippen LogP) is -0.364. The van der Waals surface area contributed by atoms with Gasteiger partial charge in [0, 0.05) is 6.54 Å². The zero-order valence-electron chi connectivity index (χ0n) is 10.8. The Morgan fingerprint density at radius 3 is 2.50 bits per heavy atom. The van der Waals surface area contributed by atoms with Crippen LogP contribution in [0.4, 0.5) is 0 Å². The van der Waals surface area contributed by atoms with Gasteiger partial charge in [-0.1, -0.05) is 30.3 Å². The number of aliphatic hydroxyl groups is 2. The number of amides is 1. The molecule has 6 nitrogen and oxygen atoms in total. The number of β-amino-alcohol motifs (C(OH)–C–C–N with tert-alkyl or cyclic N) is 1. The molecule has 1 fully saturated rings. The fourth-order valence-corrected chi connectivity index (χ4v) is 2.45. The van der Waals surface area contributed by atoms with Crippen molar-refractivity contribution < 1.29 is 24.9 Å². The van der Waals surface area contributed by atoms with Crippen LogP contribution < -0.4 is 0 Å². The van der Waals surface area contributed by atoms with E-state index in [4.69, 9.17) is 5.11 Å². The van der Waals surface area contributed by atoms with Gasteiger partial charge < -0.3 is 20.2 Å². The number of nitrogens with zero attached hydrogens (tertiary/aromatic N) is 1. The lowest BCUT2D eigenvalue weighted by molar-refractivity contribution is -0.152. The molecule has 20 heavy (non-hydrogen) atoms. The van der Waals surface area contributed by atoms with E-state index < -0.39 is 24.2 Å². The van der Waals surface area contributed by atoms with E-state index in [1.807, 2.05) is 6.07 Å². The van der Waals surface area contributed by atoms with Crippen LogP contribution in [-0.4, -0.2) is 56.9 Å². The maximum Gasteiger partial charge on any atom is 0.334 e. The third kappa shape index (κ3) is 3.15. The Labute approximate surface area is 116 Å². The van der Waals surface area contributed by atoms with Crippen molar-refractivity contribution in [3.05, 3.63) is 35.9 Å². The van der Waals surface area contributed by atoms with E-state index in [0.29, 0.717) is 0 Å². The van der Waals surface area contributed by atoms with Gasteiger partial charge >= 0.3 is 5.97 Å². The van der Waals surface area contributed by atoms with Crippen molar-refractivity contribution in [3.8, 4) is 0 Å². The standard InChI is InChI=1S/C14H17NO5/c16-10-7-12(17)15(8-10)11(13(18)14(19)20)6-9-4-2-1-3-5-9/h1-5,10-11,13,16,18H,6-8H2,(H,19,20)/t10?,11-,13+/m1/s1. The topological polar surface area (TPSA) is 98.1 Å². The Hall–Kier alpha value is -1.92. The lowest BCUT2D eigenvalue weighted by atomic mass is 10.00. The van der Waals surface area contributed by atoms with E-state index >= 15 is 0 Å². The second-order valence-corrected chi connectivity index (χ2v) is 4.94. The van der Waals surface area contributed by atoms with Gasteiger partial charge in [0.25, 0.3) is 0 Å². The second kappa shape index (κ2) is 6.02. The fourth-order valence-electron chi connectivity index (χ4n) is 2.45. The molecule has 108 valence electrons. The van der Waals surface area contributed by atoms with Crippen LogP contribution in [0.1, 0.15) is 12.0 Å². The molecule has 3 atom stereocenters. The Morgan fingerprint density at radius 2 is 2.00 bits per heavy atom. The van der Waals surface area contributed by atoms with Crippen molar-refractivity contribution >= 4 is 11.9 Å². The molecule has 0 saturated carbocycles. The van der Waals surface area contributed by atoms with Gasteiger partial charge in [-0.15, -0.1) is 0 Å². The van der Waals surface area contributed by atoms with Crippen LogP contribution in [0.2, 0.25) is 0 Å². The first-order valence-electron chi connectivity index (χ1n) is 6.41. The molecule has 1 heterocycles. The zero-order chi connectivity index (χ0) is 14.7. The SMILES string of the molecule is O=C(O)[C@@H](O)[C@@H](Cc1ccccc1)N1CC(O)CC1=O. The summed E-state index contributed by atoms with van der Waals surface area (Å²) in [5.41, 5.74) is 0.826. The monoisotopic (exact) mass is 279 g/mol. The molecule has 1 unspecified atom stereocenters. The minimum Gasteiger partial charge on any atom is -0.479 e. The first-order valence-corrected chi connectivity index (χ1v) is 6.41. The van der Waals surface area contributed by atoms with Crippen LogP contribution >= 0.6 is 0 Å². The van der Waals surface area contributed by atoms with Gasteiger partial charge in [0.15, 0.2) is 6.10 Å². The van der Waals surface area contributed by atoms with Crippen LogP contribution in [0.15, 0.2) is 30.3 Å². The molecule has 6 heteroatoms. The van der Waals surface area contributed by atoms with Crippen molar-refractivity contribution in [2.24, 2.45) is 0 Å². The maximum atomic E-state index is 11.8. The van der Waals surface area contributed by atoms with Crippen molar-refractivity contribution in [1.82, 2.24) is 4.90 Å².